The van der Waals surface area contributed by atoms with E-state index in [9.17, 15) is 4.79 Å². The first-order chi connectivity index (χ1) is 11.7. The quantitative estimate of drug-likeness (QED) is 0.842. The molecule has 24 heavy (non-hydrogen) atoms. The lowest BCUT2D eigenvalue weighted by Crippen LogP contribution is -2.61. The molecule has 2 fully saturated rings. The molecule has 0 aliphatic carbocycles. The first-order valence-corrected chi connectivity index (χ1v) is 9.72. The van der Waals surface area contributed by atoms with Gasteiger partial charge in [-0.1, -0.05) is 18.6 Å². The Morgan fingerprint density at radius 2 is 1.71 bits per heavy atom. The van der Waals surface area contributed by atoms with E-state index >= 15 is 0 Å². The SMILES string of the molecule is Cc1ccc(-c2ccc(C(=O)N3CC(N4CCCCC4)C3)cc2)s1. The molecule has 2 aliphatic rings. The van der Waals surface area contributed by atoms with Crippen molar-refractivity contribution in [1.29, 1.82) is 0 Å². The molecule has 0 spiro atoms. The number of nitrogens with zero attached hydrogens (tertiary/aromatic N) is 2. The standard InChI is InChI=1S/C20H24N2OS/c1-15-5-10-19(24-15)16-6-8-17(9-7-16)20(23)22-13-18(14-22)21-11-3-2-4-12-21/h5-10,18H,2-4,11-14H2,1H3. The molecule has 1 aromatic heterocycles. The van der Waals surface area contributed by atoms with Gasteiger partial charge in [0.15, 0.2) is 0 Å². The molecule has 3 heterocycles. The summed E-state index contributed by atoms with van der Waals surface area (Å²) in [6, 6.07) is 13.0. The molecule has 0 radical (unpaired) electrons. The second kappa shape index (κ2) is 6.69. The molecule has 2 saturated heterocycles. The van der Waals surface area contributed by atoms with Crippen molar-refractivity contribution in [2.24, 2.45) is 0 Å². The van der Waals surface area contributed by atoms with Gasteiger partial charge in [-0.05, 0) is 62.7 Å². The Labute approximate surface area is 147 Å². The minimum Gasteiger partial charge on any atom is -0.335 e. The highest BCUT2D eigenvalue weighted by molar-refractivity contribution is 7.15. The van der Waals surface area contributed by atoms with Gasteiger partial charge < -0.3 is 4.90 Å². The number of likely N-dealkylation sites (tertiary alicyclic amines) is 2. The Morgan fingerprint density at radius 1 is 1.00 bits per heavy atom. The minimum absolute atomic E-state index is 0.178. The van der Waals surface area contributed by atoms with Gasteiger partial charge in [0.1, 0.15) is 0 Å². The normalized spacial score (nSPS) is 19.3. The lowest BCUT2D eigenvalue weighted by atomic mass is 10.0. The van der Waals surface area contributed by atoms with Gasteiger partial charge in [-0.15, -0.1) is 11.3 Å². The van der Waals surface area contributed by atoms with Gasteiger partial charge in [0.2, 0.25) is 0 Å². The van der Waals surface area contributed by atoms with Crippen LogP contribution in [0.3, 0.4) is 0 Å². The highest BCUT2D eigenvalue weighted by Crippen LogP contribution is 2.28. The summed E-state index contributed by atoms with van der Waals surface area (Å²) in [6.07, 6.45) is 3.99. The third kappa shape index (κ3) is 3.13. The minimum atomic E-state index is 0.178. The van der Waals surface area contributed by atoms with Crippen molar-refractivity contribution in [3.63, 3.8) is 0 Å². The maximum atomic E-state index is 12.6. The van der Waals surface area contributed by atoms with E-state index in [2.05, 4.69) is 36.1 Å². The van der Waals surface area contributed by atoms with Gasteiger partial charge in [0.25, 0.3) is 5.91 Å². The molecular weight excluding hydrogens is 316 g/mol. The lowest BCUT2D eigenvalue weighted by molar-refractivity contribution is 0.0203. The number of aryl methyl sites for hydroxylation is 1. The zero-order valence-electron chi connectivity index (χ0n) is 14.2. The molecule has 0 N–H and O–H groups in total. The van der Waals surface area contributed by atoms with Crippen LogP contribution in [0.15, 0.2) is 36.4 Å². The summed E-state index contributed by atoms with van der Waals surface area (Å²) in [5, 5.41) is 0. The average molecular weight is 340 g/mol. The molecule has 1 aromatic carbocycles. The van der Waals surface area contributed by atoms with Crippen molar-refractivity contribution in [3.05, 3.63) is 46.8 Å². The van der Waals surface area contributed by atoms with Crippen LogP contribution >= 0.6 is 11.3 Å². The van der Waals surface area contributed by atoms with Crippen molar-refractivity contribution < 1.29 is 4.79 Å². The number of rotatable bonds is 3. The predicted molar refractivity (Wildman–Crippen MR) is 99.6 cm³/mol. The molecule has 0 bridgehead atoms. The first-order valence-electron chi connectivity index (χ1n) is 8.91. The van der Waals surface area contributed by atoms with Gasteiger partial charge in [0.05, 0.1) is 0 Å². The molecule has 0 atom stereocenters. The predicted octanol–water partition coefficient (Wildman–Crippen LogP) is 4.03. The van der Waals surface area contributed by atoms with Crippen LogP contribution in [0.1, 0.15) is 34.5 Å². The summed E-state index contributed by atoms with van der Waals surface area (Å²) >= 11 is 1.79. The molecule has 1 amide bonds. The van der Waals surface area contributed by atoms with E-state index in [-0.39, 0.29) is 5.91 Å². The van der Waals surface area contributed by atoms with Gasteiger partial charge in [-0.3, -0.25) is 9.69 Å². The summed E-state index contributed by atoms with van der Waals surface area (Å²) in [5.74, 6) is 0.178. The number of thiophene rings is 1. The van der Waals surface area contributed by atoms with E-state index in [4.69, 9.17) is 0 Å². The second-order valence-electron chi connectivity index (χ2n) is 6.95. The molecule has 126 valence electrons. The van der Waals surface area contributed by atoms with Crippen molar-refractivity contribution in [1.82, 2.24) is 9.80 Å². The molecule has 2 aliphatic heterocycles. The monoisotopic (exact) mass is 340 g/mol. The van der Waals surface area contributed by atoms with Crippen LogP contribution in [0, 0.1) is 6.92 Å². The largest absolute Gasteiger partial charge is 0.335 e. The van der Waals surface area contributed by atoms with Gasteiger partial charge >= 0.3 is 0 Å². The van der Waals surface area contributed by atoms with Gasteiger partial charge in [-0.25, -0.2) is 0 Å². The molecule has 2 aromatic rings. The average Bonchev–Trinajstić information content (AvgIpc) is 3.01. The van der Waals surface area contributed by atoms with Gasteiger partial charge in [0, 0.05) is 34.4 Å². The third-order valence-corrected chi connectivity index (χ3v) is 6.26. The highest BCUT2D eigenvalue weighted by Gasteiger charge is 2.35. The van der Waals surface area contributed by atoms with E-state index in [1.54, 1.807) is 11.3 Å². The zero-order chi connectivity index (χ0) is 16.5. The Balaban J connectivity index is 1.37. The van der Waals surface area contributed by atoms with Crippen LogP contribution in [0.2, 0.25) is 0 Å². The number of carbonyl (C=O) groups excluding carboxylic acids is 1. The van der Waals surface area contributed by atoms with Gasteiger partial charge in [-0.2, -0.15) is 0 Å². The first kappa shape index (κ1) is 15.9. The number of benzene rings is 1. The van der Waals surface area contributed by atoms with Crippen molar-refractivity contribution in [2.75, 3.05) is 26.2 Å². The summed E-state index contributed by atoms with van der Waals surface area (Å²) in [6.45, 7) is 6.33. The van der Waals surface area contributed by atoms with E-state index < -0.39 is 0 Å². The number of hydrogen-bond acceptors (Lipinski definition) is 3. The van der Waals surface area contributed by atoms with E-state index in [1.165, 1.54) is 47.7 Å². The van der Waals surface area contributed by atoms with Crippen molar-refractivity contribution in [2.45, 2.75) is 32.2 Å². The van der Waals surface area contributed by atoms with Crippen LogP contribution in [0.5, 0.6) is 0 Å². The summed E-state index contributed by atoms with van der Waals surface area (Å²) in [4.78, 5) is 19.8. The Hall–Kier alpha value is -1.65. The fourth-order valence-electron chi connectivity index (χ4n) is 3.68. The Morgan fingerprint density at radius 3 is 2.33 bits per heavy atom. The maximum absolute atomic E-state index is 12.6. The van der Waals surface area contributed by atoms with Crippen LogP contribution < -0.4 is 0 Å². The van der Waals surface area contributed by atoms with Crippen molar-refractivity contribution >= 4 is 17.2 Å². The van der Waals surface area contributed by atoms with E-state index in [0.29, 0.717) is 6.04 Å². The molecule has 3 nitrogen and oxygen atoms in total. The van der Waals surface area contributed by atoms with E-state index in [1.807, 2.05) is 17.0 Å². The molecule has 4 rings (SSSR count). The Kier molecular flexibility index (Phi) is 4.42. The Bertz CT molecular complexity index is 709. The maximum Gasteiger partial charge on any atom is 0.253 e. The molecule has 4 heteroatoms. The number of piperidine rings is 1. The third-order valence-electron chi connectivity index (χ3n) is 5.21. The molecular formula is C20H24N2OS. The highest BCUT2D eigenvalue weighted by atomic mass is 32.1. The van der Waals surface area contributed by atoms with Crippen LogP contribution in [0.25, 0.3) is 10.4 Å². The number of amides is 1. The fraction of sp³-hybridized carbons (Fsp3) is 0.450. The summed E-state index contributed by atoms with van der Waals surface area (Å²) in [7, 11) is 0. The van der Waals surface area contributed by atoms with Crippen molar-refractivity contribution in [3.8, 4) is 10.4 Å². The summed E-state index contributed by atoms with van der Waals surface area (Å²) in [5.41, 5.74) is 2.00. The smallest absolute Gasteiger partial charge is 0.253 e. The van der Waals surface area contributed by atoms with E-state index in [0.717, 1.165) is 18.7 Å². The van der Waals surface area contributed by atoms with Crippen LogP contribution in [0.4, 0.5) is 0 Å². The summed E-state index contributed by atoms with van der Waals surface area (Å²) < 4.78 is 0. The lowest BCUT2D eigenvalue weighted by Gasteiger charge is -2.46. The van der Waals surface area contributed by atoms with Crippen LogP contribution in [-0.2, 0) is 0 Å². The zero-order valence-corrected chi connectivity index (χ0v) is 15.0. The second-order valence-corrected chi connectivity index (χ2v) is 8.24. The van der Waals surface area contributed by atoms with Crippen LogP contribution in [-0.4, -0.2) is 47.9 Å². The topological polar surface area (TPSA) is 23.6 Å². The number of hydrogen-bond donors (Lipinski definition) is 0. The fourth-order valence-corrected chi connectivity index (χ4v) is 4.56. The number of carbonyl (C=O) groups is 1. The molecule has 0 saturated carbocycles. The molecule has 0 unspecified atom stereocenters.